The van der Waals surface area contributed by atoms with E-state index in [1.54, 1.807) is 31.4 Å². The number of benzene rings is 2. The van der Waals surface area contributed by atoms with E-state index < -0.39 is 0 Å². The van der Waals surface area contributed by atoms with Crippen molar-refractivity contribution in [2.45, 2.75) is 13.0 Å². The van der Waals surface area contributed by atoms with Crippen molar-refractivity contribution in [3.05, 3.63) is 90.0 Å². The predicted molar refractivity (Wildman–Crippen MR) is 121 cm³/mol. The van der Waals surface area contributed by atoms with Gasteiger partial charge in [-0.25, -0.2) is 9.37 Å². The van der Waals surface area contributed by atoms with Crippen LogP contribution in [0.1, 0.15) is 11.1 Å². The van der Waals surface area contributed by atoms with Crippen LogP contribution in [0.2, 0.25) is 0 Å². The number of guanidine groups is 1. The summed E-state index contributed by atoms with van der Waals surface area (Å²) >= 11 is 0. The average molecular weight is 417 g/mol. The molecule has 0 saturated carbocycles. The molecule has 0 fully saturated rings. The standard InChI is InChI=1S/C24H24FN5O/c1-26-24(27-12-11-18-16-28-22-8-3-2-7-21(18)22)30-15-17-9-10-23(29-14-17)31-20-6-4-5-19(25)13-20/h2-10,13-14,16,28H,11-12,15H2,1H3,(H2,26,27,30). The molecule has 0 aliphatic rings. The highest BCUT2D eigenvalue weighted by molar-refractivity contribution is 5.83. The Labute approximate surface area is 180 Å². The Hall–Kier alpha value is -3.87. The molecular weight excluding hydrogens is 393 g/mol. The molecule has 0 bridgehead atoms. The fourth-order valence-corrected chi connectivity index (χ4v) is 3.29. The fourth-order valence-electron chi connectivity index (χ4n) is 3.29. The minimum absolute atomic E-state index is 0.345. The third-order valence-corrected chi connectivity index (χ3v) is 4.86. The largest absolute Gasteiger partial charge is 0.439 e. The fraction of sp³-hybridized carbons (Fsp3) is 0.167. The number of hydrogen-bond donors (Lipinski definition) is 3. The predicted octanol–water partition coefficient (Wildman–Crippen LogP) is 4.40. The second kappa shape index (κ2) is 9.75. The van der Waals surface area contributed by atoms with E-state index in [1.807, 2.05) is 12.1 Å². The first-order chi connectivity index (χ1) is 15.2. The maximum atomic E-state index is 13.3. The monoisotopic (exact) mass is 417 g/mol. The SMILES string of the molecule is CN=C(NCCc1c[nH]c2ccccc12)NCc1ccc(Oc2cccc(F)c2)nc1. The molecule has 2 aromatic heterocycles. The van der Waals surface area contributed by atoms with Crippen LogP contribution in [0.3, 0.4) is 0 Å². The number of aromatic nitrogens is 2. The lowest BCUT2D eigenvalue weighted by atomic mass is 10.1. The number of H-pyrrole nitrogens is 1. The van der Waals surface area contributed by atoms with Crippen LogP contribution in [0, 0.1) is 5.82 Å². The van der Waals surface area contributed by atoms with Gasteiger partial charge in [-0.2, -0.15) is 0 Å². The summed E-state index contributed by atoms with van der Waals surface area (Å²) in [6.45, 7) is 1.33. The first-order valence-electron chi connectivity index (χ1n) is 10.1. The summed E-state index contributed by atoms with van der Waals surface area (Å²) in [7, 11) is 1.75. The summed E-state index contributed by atoms with van der Waals surface area (Å²) in [5.74, 6) is 1.20. The quantitative estimate of drug-likeness (QED) is 0.308. The van der Waals surface area contributed by atoms with Gasteiger partial charge in [0.15, 0.2) is 5.96 Å². The highest BCUT2D eigenvalue weighted by Crippen LogP contribution is 2.20. The summed E-state index contributed by atoms with van der Waals surface area (Å²) in [4.78, 5) is 11.9. The highest BCUT2D eigenvalue weighted by atomic mass is 19.1. The van der Waals surface area contributed by atoms with E-state index in [2.05, 4.69) is 50.0 Å². The van der Waals surface area contributed by atoms with Gasteiger partial charge in [0.05, 0.1) is 0 Å². The molecule has 2 aromatic carbocycles. The van der Waals surface area contributed by atoms with Crippen LogP contribution in [0.15, 0.2) is 78.0 Å². The number of nitrogens with zero attached hydrogens (tertiary/aromatic N) is 2. The molecule has 158 valence electrons. The maximum Gasteiger partial charge on any atom is 0.219 e. The van der Waals surface area contributed by atoms with Crippen LogP contribution in [0.25, 0.3) is 10.9 Å². The molecule has 0 unspecified atom stereocenters. The summed E-state index contributed by atoms with van der Waals surface area (Å²) in [6, 6.07) is 17.9. The van der Waals surface area contributed by atoms with Gasteiger partial charge in [0.25, 0.3) is 0 Å². The molecule has 4 aromatic rings. The summed E-state index contributed by atoms with van der Waals surface area (Å²) in [5, 5.41) is 7.87. The number of nitrogens with one attached hydrogen (secondary N) is 3. The number of fused-ring (bicyclic) bond motifs is 1. The molecule has 4 rings (SSSR count). The van der Waals surface area contributed by atoms with E-state index in [-0.39, 0.29) is 5.82 Å². The normalized spacial score (nSPS) is 11.5. The molecule has 2 heterocycles. The first-order valence-corrected chi connectivity index (χ1v) is 10.1. The summed E-state index contributed by atoms with van der Waals surface area (Å²) < 4.78 is 18.8. The zero-order valence-electron chi connectivity index (χ0n) is 17.2. The number of aliphatic imine (C=N–C) groups is 1. The number of halogens is 1. The van der Waals surface area contributed by atoms with Crippen molar-refractivity contribution in [3.8, 4) is 11.6 Å². The molecule has 0 saturated heterocycles. The first kappa shape index (κ1) is 20.4. The van der Waals surface area contributed by atoms with Crippen LogP contribution in [-0.4, -0.2) is 29.5 Å². The van der Waals surface area contributed by atoms with Crippen molar-refractivity contribution in [3.63, 3.8) is 0 Å². The molecule has 0 amide bonds. The van der Waals surface area contributed by atoms with Crippen molar-refractivity contribution < 1.29 is 9.13 Å². The number of ether oxygens (including phenoxy) is 1. The van der Waals surface area contributed by atoms with Crippen LogP contribution in [0.5, 0.6) is 11.6 Å². The minimum Gasteiger partial charge on any atom is -0.439 e. The lowest BCUT2D eigenvalue weighted by Gasteiger charge is -2.12. The third-order valence-electron chi connectivity index (χ3n) is 4.86. The van der Waals surface area contributed by atoms with Gasteiger partial charge in [-0.05, 0) is 35.7 Å². The van der Waals surface area contributed by atoms with Gasteiger partial charge < -0.3 is 20.4 Å². The van der Waals surface area contributed by atoms with E-state index in [1.165, 1.54) is 23.1 Å². The van der Waals surface area contributed by atoms with Gasteiger partial charge in [-0.1, -0.05) is 30.3 Å². The van der Waals surface area contributed by atoms with Crippen LogP contribution >= 0.6 is 0 Å². The van der Waals surface area contributed by atoms with E-state index in [9.17, 15) is 4.39 Å². The topological polar surface area (TPSA) is 74.3 Å². The van der Waals surface area contributed by atoms with Crippen LogP contribution in [0.4, 0.5) is 4.39 Å². The van der Waals surface area contributed by atoms with Gasteiger partial charge >= 0.3 is 0 Å². The molecule has 0 radical (unpaired) electrons. The molecule has 3 N–H and O–H groups in total. The Morgan fingerprint density at radius 1 is 1.10 bits per heavy atom. The zero-order valence-corrected chi connectivity index (χ0v) is 17.2. The van der Waals surface area contributed by atoms with Gasteiger partial charge in [0, 0.05) is 55.6 Å². The lowest BCUT2D eigenvalue weighted by Crippen LogP contribution is -2.37. The number of aromatic amines is 1. The highest BCUT2D eigenvalue weighted by Gasteiger charge is 2.05. The second-order valence-electron chi connectivity index (χ2n) is 7.03. The third kappa shape index (κ3) is 5.39. The Morgan fingerprint density at radius 2 is 2.00 bits per heavy atom. The Bertz CT molecular complexity index is 1170. The number of para-hydroxylation sites is 1. The number of hydrogen-bond acceptors (Lipinski definition) is 3. The van der Waals surface area contributed by atoms with Crippen LogP contribution in [-0.2, 0) is 13.0 Å². The average Bonchev–Trinajstić information content (AvgIpc) is 3.20. The molecule has 7 heteroatoms. The Balaban J connectivity index is 1.25. The van der Waals surface area contributed by atoms with Crippen molar-refractivity contribution >= 4 is 16.9 Å². The maximum absolute atomic E-state index is 13.3. The van der Waals surface area contributed by atoms with Crippen molar-refractivity contribution in [1.29, 1.82) is 0 Å². The molecule has 0 atom stereocenters. The zero-order chi connectivity index (χ0) is 21.5. The van der Waals surface area contributed by atoms with E-state index in [4.69, 9.17) is 4.74 Å². The molecule has 0 spiro atoms. The molecule has 6 nitrogen and oxygen atoms in total. The van der Waals surface area contributed by atoms with Crippen molar-refractivity contribution in [2.75, 3.05) is 13.6 Å². The Morgan fingerprint density at radius 3 is 2.81 bits per heavy atom. The Kier molecular flexibility index (Phi) is 6.42. The van der Waals surface area contributed by atoms with Crippen LogP contribution < -0.4 is 15.4 Å². The minimum atomic E-state index is -0.345. The van der Waals surface area contributed by atoms with E-state index >= 15 is 0 Å². The van der Waals surface area contributed by atoms with Gasteiger partial charge in [-0.15, -0.1) is 0 Å². The second-order valence-corrected chi connectivity index (χ2v) is 7.03. The molecule has 0 aliphatic carbocycles. The number of pyridine rings is 1. The van der Waals surface area contributed by atoms with E-state index in [0.29, 0.717) is 18.2 Å². The smallest absolute Gasteiger partial charge is 0.219 e. The summed E-state index contributed by atoms with van der Waals surface area (Å²) in [6.07, 6.45) is 4.67. The summed E-state index contributed by atoms with van der Waals surface area (Å²) in [5.41, 5.74) is 3.40. The molecule has 31 heavy (non-hydrogen) atoms. The van der Waals surface area contributed by atoms with Crippen molar-refractivity contribution in [1.82, 2.24) is 20.6 Å². The lowest BCUT2D eigenvalue weighted by molar-refractivity contribution is 0.457. The molecule has 0 aliphatic heterocycles. The van der Waals surface area contributed by atoms with Gasteiger partial charge in [0.1, 0.15) is 11.6 Å². The van der Waals surface area contributed by atoms with Crippen molar-refractivity contribution in [2.24, 2.45) is 4.99 Å². The van der Waals surface area contributed by atoms with Gasteiger partial charge in [-0.3, -0.25) is 4.99 Å². The van der Waals surface area contributed by atoms with E-state index in [0.717, 1.165) is 30.0 Å². The molecular formula is C24H24FN5O. The van der Waals surface area contributed by atoms with Gasteiger partial charge in [0.2, 0.25) is 5.88 Å². The number of rotatable bonds is 7.